The van der Waals surface area contributed by atoms with E-state index in [4.69, 9.17) is 0 Å². The number of hydrogen-bond donors (Lipinski definition) is 0. The molecule has 1 aromatic carbocycles. The molecule has 0 heterocycles. The van der Waals surface area contributed by atoms with Crippen molar-refractivity contribution in [2.45, 2.75) is 64.2 Å². The van der Waals surface area contributed by atoms with E-state index in [2.05, 4.69) is 44.2 Å². The molecule has 0 amide bonds. The molecule has 0 saturated carbocycles. The van der Waals surface area contributed by atoms with E-state index in [1.54, 1.807) is 14.1 Å². The Morgan fingerprint density at radius 3 is 1.86 bits per heavy atom. The highest BCUT2D eigenvalue weighted by Gasteiger charge is 2.32. The van der Waals surface area contributed by atoms with Gasteiger partial charge in [-0.3, -0.25) is 0 Å². The Morgan fingerprint density at radius 1 is 0.905 bits per heavy atom. The minimum Gasteiger partial charge on any atom is -0.633 e. The van der Waals surface area contributed by atoms with Gasteiger partial charge in [-0.2, -0.15) is 0 Å². The lowest BCUT2D eigenvalue weighted by atomic mass is 9.70. The molecule has 21 heavy (non-hydrogen) atoms. The van der Waals surface area contributed by atoms with E-state index in [0.717, 1.165) is 6.42 Å². The summed E-state index contributed by atoms with van der Waals surface area (Å²) in [6.45, 7) is 5.20. The lowest BCUT2D eigenvalue weighted by Gasteiger charge is -2.41. The lowest BCUT2D eigenvalue weighted by Crippen LogP contribution is -2.39. The molecule has 0 atom stereocenters. The predicted octanol–water partition coefficient (Wildman–Crippen LogP) is 5.27. The SMILES string of the molecule is CCCCC(CCCC)(CC[N+](C)(C)[O-])c1ccccc1. The van der Waals surface area contributed by atoms with Gasteiger partial charge in [-0.15, -0.1) is 0 Å². The van der Waals surface area contributed by atoms with Crippen molar-refractivity contribution in [2.24, 2.45) is 0 Å². The van der Waals surface area contributed by atoms with E-state index in [-0.39, 0.29) is 10.1 Å². The van der Waals surface area contributed by atoms with E-state index in [0.29, 0.717) is 6.54 Å². The molecule has 2 nitrogen and oxygen atoms in total. The molecule has 0 saturated heterocycles. The van der Waals surface area contributed by atoms with Crippen molar-refractivity contribution in [2.75, 3.05) is 20.6 Å². The smallest absolute Gasteiger partial charge is 0.0788 e. The zero-order valence-corrected chi connectivity index (χ0v) is 14.4. The van der Waals surface area contributed by atoms with Crippen LogP contribution in [0.2, 0.25) is 0 Å². The average molecular weight is 291 g/mol. The van der Waals surface area contributed by atoms with E-state index < -0.39 is 0 Å². The summed E-state index contributed by atoms with van der Waals surface area (Å²) < 4.78 is -0.188. The van der Waals surface area contributed by atoms with Crippen LogP contribution in [0.4, 0.5) is 0 Å². The van der Waals surface area contributed by atoms with Gasteiger partial charge in [0.1, 0.15) is 0 Å². The molecule has 0 aromatic heterocycles. The number of nitrogens with zero attached hydrogens (tertiary/aromatic N) is 1. The summed E-state index contributed by atoms with van der Waals surface area (Å²) in [7, 11) is 3.52. The molecular weight excluding hydrogens is 258 g/mol. The second-order valence-electron chi connectivity index (χ2n) is 6.90. The summed E-state index contributed by atoms with van der Waals surface area (Å²) >= 11 is 0. The molecule has 0 bridgehead atoms. The molecule has 120 valence electrons. The largest absolute Gasteiger partial charge is 0.633 e. The first-order valence-electron chi connectivity index (χ1n) is 8.53. The van der Waals surface area contributed by atoms with Crippen LogP contribution in [0.3, 0.4) is 0 Å². The molecular formula is C19H33NO. The molecule has 1 rings (SSSR count). The van der Waals surface area contributed by atoms with Crippen LogP contribution in [0.5, 0.6) is 0 Å². The van der Waals surface area contributed by atoms with Crippen molar-refractivity contribution < 1.29 is 4.65 Å². The monoisotopic (exact) mass is 291 g/mol. The van der Waals surface area contributed by atoms with Crippen LogP contribution < -0.4 is 0 Å². The van der Waals surface area contributed by atoms with Crippen molar-refractivity contribution >= 4 is 0 Å². The summed E-state index contributed by atoms with van der Waals surface area (Å²) in [5.41, 5.74) is 1.62. The van der Waals surface area contributed by atoms with Crippen molar-refractivity contribution in [1.82, 2.24) is 0 Å². The minimum absolute atomic E-state index is 0.188. The van der Waals surface area contributed by atoms with Crippen molar-refractivity contribution in [3.63, 3.8) is 0 Å². The quantitative estimate of drug-likeness (QED) is 0.425. The van der Waals surface area contributed by atoms with Gasteiger partial charge in [0.25, 0.3) is 0 Å². The summed E-state index contributed by atoms with van der Waals surface area (Å²) in [4.78, 5) is 0. The number of quaternary nitrogens is 1. The molecule has 0 fully saturated rings. The van der Waals surface area contributed by atoms with Crippen LogP contribution in [0.25, 0.3) is 0 Å². The number of benzene rings is 1. The highest BCUT2D eigenvalue weighted by atomic mass is 16.5. The number of hydroxylamine groups is 3. The van der Waals surface area contributed by atoms with Gasteiger partial charge in [0, 0.05) is 11.8 Å². The summed E-state index contributed by atoms with van der Waals surface area (Å²) in [6, 6.07) is 10.9. The first-order valence-corrected chi connectivity index (χ1v) is 8.53. The summed E-state index contributed by atoms with van der Waals surface area (Å²) in [5.74, 6) is 0. The van der Waals surface area contributed by atoms with Gasteiger partial charge in [0.05, 0.1) is 20.6 Å². The lowest BCUT2D eigenvalue weighted by molar-refractivity contribution is -0.840. The van der Waals surface area contributed by atoms with Crippen molar-refractivity contribution in [1.29, 1.82) is 0 Å². The Hall–Kier alpha value is -0.860. The fourth-order valence-electron chi connectivity index (χ4n) is 3.11. The van der Waals surface area contributed by atoms with Gasteiger partial charge in [-0.05, 0) is 18.4 Å². The topological polar surface area (TPSA) is 23.1 Å². The Morgan fingerprint density at radius 2 is 1.43 bits per heavy atom. The normalized spacial score (nSPS) is 12.6. The Balaban J connectivity index is 3.01. The molecule has 0 unspecified atom stereocenters. The average Bonchev–Trinajstić information content (AvgIpc) is 2.47. The fourth-order valence-corrected chi connectivity index (χ4v) is 3.11. The molecule has 0 aliphatic carbocycles. The molecule has 2 heteroatoms. The van der Waals surface area contributed by atoms with E-state index in [1.165, 1.54) is 44.1 Å². The maximum atomic E-state index is 12.1. The van der Waals surface area contributed by atoms with Crippen LogP contribution in [0.1, 0.15) is 64.4 Å². The third-order valence-electron chi connectivity index (χ3n) is 4.53. The maximum absolute atomic E-state index is 12.1. The van der Waals surface area contributed by atoms with Gasteiger partial charge in [-0.25, -0.2) is 0 Å². The maximum Gasteiger partial charge on any atom is 0.0788 e. The second kappa shape index (κ2) is 8.55. The predicted molar refractivity (Wildman–Crippen MR) is 92.1 cm³/mol. The van der Waals surface area contributed by atoms with Crippen LogP contribution >= 0.6 is 0 Å². The van der Waals surface area contributed by atoms with E-state index in [9.17, 15) is 5.21 Å². The van der Waals surface area contributed by atoms with E-state index in [1.807, 2.05) is 0 Å². The second-order valence-corrected chi connectivity index (χ2v) is 6.90. The first kappa shape index (κ1) is 18.2. The number of unbranched alkanes of at least 4 members (excludes halogenated alkanes) is 2. The van der Waals surface area contributed by atoms with Gasteiger partial charge in [0.15, 0.2) is 0 Å². The molecule has 0 N–H and O–H groups in total. The number of hydrogen-bond acceptors (Lipinski definition) is 1. The zero-order chi connectivity index (χ0) is 15.8. The molecule has 0 radical (unpaired) electrons. The van der Waals surface area contributed by atoms with E-state index >= 15 is 0 Å². The minimum atomic E-state index is -0.188. The molecule has 0 aliphatic heterocycles. The zero-order valence-electron chi connectivity index (χ0n) is 14.4. The van der Waals surface area contributed by atoms with Crippen molar-refractivity contribution in [3.8, 4) is 0 Å². The van der Waals surface area contributed by atoms with Gasteiger partial charge in [0.2, 0.25) is 0 Å². The highest BCUT2D eigenvalue weighted by Crippen LogP contribution is 2.39. The Bertz CT molecular complexity index is 372. The van der Waals surface area contributed by atoms with Gasteiger partial charge in [-0.1, -0.05) is 69.9 Å². The van der Waals surface area contributed by atoms with Crippen LogP contribution in [0.15, 0.2) is 30.3 Å². The first-order chi connectivity index (χ1) is 9.93. The Kier molecular flexibility index (Phi) is 7.41. The third kappa shape index (κ3) is 6.19. The van der Waals surface area contributed by atoms with Crippen LogP contribution in [-0.4, -0.2) is 25.3 Å². The van der Waals surface area contributed by atoms with Crippen LogP contribution in [0, 0.1) is 5.21 Å². The standard InChI is InChI=1S/C19H33NO/c1-5-7-14-19(15-8-6-2,16-17-20(3,4)21)18-12-10-9-11-13-18/h9-13H,5-8,14-17H2,1-4H3. The Labute approximate surface area is 131 Å². The van der Waals surface area contributed by atoms with Gasteiger partial charge >= 0.3 is 0 Å². The summed E-state index contributed by atoms with van der Waals surface area (Å²) in [5, 5.41) is 12.1. The summed E-state index contributed by atoms with van der Waals surface area (Å²) in [6.07, 6.45) is 8.32. The molecule has 0 spiro atoms. The van der Waals surface area contributed by atoms with Gasteiger partial charge < -0.3 is 9.85 Å². The number of rotatable bonds is 10. The molecule has 0 aliphatic rings. The highest BCUT2D eigenvalue weighted by molar-refractivity contribution is 5.25. The van der Waals surface area contributed by atoms with Crippen molar-refractivity contribution in [3.05, 3.63) is 41.1 Å². The van der Waals surface area contributed by atoms with Crippen LogP contribution in [-0.2, 0) is 5.41 Å². The fraction of sp³-hybridized carbons (Fsp3) is 0.684. The molecule has 1 aromatic rings. The third-order valence-corrected chi connectivity index (χ3v) is 4.53.